The first-order valence-electron chi connectivity index (χ1n) is 10.5. The number of carbonyl (C=O) groups is 2. The van der Waals surface area contributed by atoms with Crippen molar-refractivity contribution in [1.29, 1.82) is 0 Å². The smallest absolute Gasteiger partial charge is 0.319 e. The number of carbonyl (C=O) groups excluding carboxylic acids is 2. The van der Waals surface area contributed by atoms with Crippen LogP contribution >= 0.6 is 0 Å². The van der Waals surface area contributed by atoms with Gasteiger partial charge in [-0.1, -0.05) is 0 Å². The zero-order valence-corrected chi connectivity index (χ0v) is 17.8. The summed E-state index contributed by atoms with van der Waals surface area (Å²) in [4.78, 5) is 34.9. The van der Waals surface area contributed by atoms with E-state index in [9.17, 15) is 9.59 Å². The second-order valence-corrected chi connectivity index (χ2v) is 7.75. The van der Waals surface area contributed by atoms with Crippen molar-refractivity contribution in [2.24, 2.45) is 0 Å². The number of aldehydes is 1. The molecular weight excluding hydrogens is 398 g/mol. The number of nitrogens with zero attached hydrogens (tertiary/aromatic N) is 3. The maximum absolute atomic E-state index is 11.7. The first-order valence-corrected chi connectivity index (χ1v) is 10.5. The van der Waals surface area contributed by atoms with Crippen LogP contribution in [0.2, 0.25) is 0 Å². The average Bonchev–Trinajstić information content (AvgIpc) is 3.11. The molecule has 0 aliphatic carbocycles. The molecule has 1 unspecified atom stereocenters. The molecule has 2 aliphatic rings. The number of morpholine rings is 1. The van der Waals surface area contributed by atoms with E-state index in [2.05, 4.69) is 15.5 Å². The van der Waals surface area contributed by atoms with E-state index in [-0.39, 0.29) is 12.5 Å². The number of aromatic nitrogens is 2. The van der Waals surface area contributed by atoms with Gasteiger partial charge in [-0.3, -0.25) is 0 Å². The van der Waals surface area contributed by atoms with Crippen LogP contribution in [0.1, 0.15) is 31.5 Å². The van der Waals surface area contributed by atoms with E-state index in [1.807, 2.05) is 38.1 Å². The predicted octanol–water partition coefficient (Wildman–Crippen LogP) is 2.46. The lowest BCUT2D eigenvalue weighted by atomic mass is 9.96. The molecule has 9 nitrogen and oxygen atoms in total. The van der Waals surface area contributed by atoms with Crippen molar-refractivity contribution in [2.45, 2.75) is 32.5 Å². The number of ether oxygens (including phenoxy) is 2. The minimum Gasteiger partial charge on any atom is -0.378 e. The minimum absolute atomic E-state index is 0.231. The van der Waals surface area contributed by atoms with E-state index in [1.165, 1.54) is 0 Å². The predicted molar refractivity (Wildman–Crippen MR) is 116 cm³/mol. The Morgan fingerprint density at radius 2 is 1.97 bits per heavy atom. The Hall–Kier alpha value is -3.04. The summed E-state index contributed by atoms with van der Waals surface area (Å²) in [6.07, 6.45) is 1.10. The van der Waals surface area contributed by atoms with Crippen LogP contribution in [0, 0.1) is 0 Å². The lowest BCUT2D eigenvalue weighted by Crippen LogP contribution is -2.37. The summed E-state index contributed by atoms with van der Waals surface area (Å²) in [5, 5.41) is 5.48. The van der Waals surface area contributed by atoms with Crippen molar-refractivity contribution in [2.75, 3.05) is 43.1 Å². The van der Waals surface area contributed by atoms with E-state index in [0.717, 1.165) is 42.0 Å². The molecular formula is C22H27N5O4. The topological polar surface area (TPSA) is 106 Å². The van der Waals surface area contributed by atoms with Crippen LogP contribution in [-0.2, 0) is 26.5 Å². The third kappa shape index (κ3) is 4.38. The molecule has 0 saturated carbocycles. The van der Waals surface area contributed by atoms with Gasteiger partial charge in [0.15, 0.2) is 5.82 Å². The molecule has 31 heavy (non-hydrogen) atoms. The van der Waals surface area contributed by atoms with Gasteiger partial charge in [-0.2, -0.15) is 0 Å². The highest BCUT2D eigenvalue weighted by Gasteiger charge is 2.40. The van der Waals surface area contributed by atoms with Crippen molar-refractivity contribution >= 4 is 23.8 Å². The number of urea groups is 1. The molecule has 1 aromatic carbocycles. The fourth-order valence-corrected chi connectivity index (χ4v) is 3.86. The van der Waals surface area contributed by atoms with Crippen molar-refractivity contribution in [3.63, 3.8) is 0 Å². The number of hydrogen-bond acceptors (Lipinski definition) is 7. The summed E-state index contributed by atoms with van der Waals surface area (Å²) >= 11 is 0. The van der Waals surface area contributed by atoms with Crippen molar-refractivity contribution < 1.29 is 19.1 Å². The fourth-order valence-electron chi connectivity index (χ4n) is 3.86. The second kappa shape index (κ2) is 8.99. The number of hydrogen-bond donors (Lipinski definition) is 2. The molecule has 3 heterocycles. The number of anilines is 2. The Morgan fingerprint density at radius 3 is 2.65 bits per heavy atom. The Bertz CT molecular complexity index is 959. The molecule has 164 valence electrons. The van der Waals surface area contributed by atoms with E-state index in [4.69, 9.17) is 19.4 Å². The summed E-state index contributed by atoms with van der Waals surface area (Å²) in [5.41, 5.74) is 2.42. The standard InChI is InChI=1S/C22H27N5O4/c1-3-23-21(29)24-16-6-4-15(5-7-16)19-25-18-17(14-31-22(18,2)8-11-28)20(26-19)27-9-12-30-13-10-27/h4-7,11H,3,8-10,12-14H2,1-2H3,(H2,23,24,29). The van der Waals surface area contributed by atoms with Gasteiger partial charge in [0, 0.05) is 42.9 Å². The summed E-state index contributed by atoms with van der Waals surface area (Å²) in [7, 11) is 0. The van der Waals surface area contributed by atoms with Crippen LogP contribution in [0.25, 0.3) is 11.4 Å². The third-order valence-corrected chi connectivity index (χ3v) is 5.54. The lowest BCUT2D eigenvalue weighted by molar-refractivity contribution is -0.114. The first-order chi connectivity index (χ1) is 15.0. The molecule has 0 spiro atoms. The number of amides is 2. The van der Waals surface area contributed by atoms with Crippen molar-refractivity contribution in [3.05, 3.63) is 35.5 Å². The summed E-state index contributed by atoms with van der Waals surface area (Å²) in [6.45, 7) is 7.45. The van der Waals surface area contributed by atoms with Gasteiger partial charge in [-0.05, 0) is 38.1 Å². The summed E-state index contributed by atoms with van der Waals surface area (Å²) in [6, 6.07) is 7.13. The van der Waals surface area contributed by atoms with Gasteiger partial charge in [-0.15, -0.1) is 0 Å². The number of benzene rings is 1. The van der Waals surface area contributed by atoms with E-state index in [1.54, 1.807) is 0 Å². The fraction of sp³-hybridized carbons (Fsp3) is 0.455. The molecule has 2 N–H and O–H groups in total. The van der Waals surface area contributed by atoms with E-state index in [0.29, 0.717) is 37.9 Å². The highest BCUT2D eigenvalue weighted by Crippen LogP contribution is 2.42. The van der Waals surface area contributed by atoms with E-state index < -0.39 is 5.60 Å². The van der Waals surface area contributed by atoms with Crippen LogP contribution in [0.5, 0.6) is 0 Å². The number of fused-ring (bicyclic) bond motifs is 1. The minimum atomic E-state index is -0.768. The molecule has 1 aromatic heterocycles. The Kier molecular flexibility index (Phi) is 6.15. The second-order valence-electron chi connectivity index (χ2n) is 7.75. The maximum atomic E-state index is 11.7. The molecule has 0 radical (unpaired) electrons. The molecule has 2 aromatic rings. The van der Waals surface area contributed by atoms with Gasteiger partial charge in [0.2, 0.25) is 0 Å². The van der Waals surface area contributed by atoms with Crippen LogP contribution < -0.4 is 15.5 Å². The normalized spacial score (nSPS) is 20.3. The maximum Gasteiger partial charge on any atom is 0.319 e. The molecule has 2 amide bonds. The van der Waals surface area contributed by atoms with Crippen LogP contribution in [-0.4, -0.2) is 55.1 Å². The molecule has 2 aliphatic heterocycles. The Labute approximate surface area is 181 Å². The average molecular weight is 425 g/mol. The summed E-state index contributed by atoms with van der Waals surface area (Å²) in [5.74, 6) is 1.40. The number of rotatable bonds is 6. The highest BCUT2D eigenvalue weighted by atomic mass is 16.5. The third-order valence-electron chi connectivity index (χ3n) is 5.54. The van der Waals surface area contributed by atoms with Gasteiger partial charge in [-0.25, -0.2) is 14.8 Å². The molecule has 1 atom stereocenters. The van der Waals surface area contributed by atoms with Crippen LogP contribution in [0.3, 0.4) is 0 Å². The van der Waals surface area contributed by atoms with Gasteiger partial charge in [0.25, 0.3) is 0 Å². The molecule has 1 fully saturated rings. The molecule has 4 rings (SSSR count). The highest BCUT2D eigenvalue weighted by molar-refractivity contribution is 5.89. The monoisotopic (exact) mass is 425 g/mol. The van der Waals surface area contributed by atoms with Crippen LogP contribution in [0.15, 0.2) is 24.3 Å². The largest absolute Gasteiger partial charge is 0.378 e. The van der Waals surface area contributed by atoms with Gasteiger partial charge < -0.3 is 29.8 Å². The molecule has 9 heteroatoms. The first kappa shape index (κ1) is 21.2. The lowest BCUT2D eigenvalue weighted by Gasteiger charge is -2.30. The quantitative estimate of drug-likeness (QED) is 0.685. The van der Waals surface area contributed by atoms with E-state index >= 15 is 0 Å². The molecule has 0 bridgehead atoms. The zero-order chi connectivity index (χ0) is 21.8. The zero-order valence-electron chi connectivity index (χ0n) is 17.8. The molecule has 1 saturated heterocycles. The van der Waals surface area contributed by atoms with Crippen molar-refractivity contribution in [1.82, 2.24) is 15.3 Å². The van der Waals surface area contributed by atoms with Gasteiger partial charge >= 0.3 is 6.03 Å². The van der Waals surface area contributed by atoms with Crippen LogP contribution in [0.4, 0.5) is 16.3 Å². The SMILES string of the molecule is CCNC(=O)Nc1ccc(-c2nc(N3CCOCC3)c3c(n2)C(C)(CC=O)OC3)cc1. The van der Waals surface area contributed by atoms with Crippen molar-refractivity contribution in [3.8, 4) is 11.4 Å². The Morgan fingerprint density at radius 1 is 1.23 bits per heavy atom. The van der Waals surface area contributed by atoms with Gasteiger partial charge in [0.1, 0.15) is 17.7 Å². The number of nitrogens with one attached hydrogen (secondary N) is 2. The van der Waals surface area contributed by atoms with Gasteiger partial charge in [0.05, 0.1) is 25.5 Å². The summed E-state index contributed by atoms with van der Waals surface area (Å²) < 4.78 is 11.5. The Balaban J connectivity index is 1.71.